The maximum atomic E-state index is 13.3. The summed E-state index contributed by atoms with van der Waals surface area (Å²) in [5.41, 5.74) is 1.10. The number of hydrogen-bond acceptors (Lipinski definition) is 5. The average Bonchev–Trinajstić information content (AvgIpc) is 3.04. The fourth-order valence-corrected chi connectivity index (χ4v) is 5.95. The van der Waals surface area contributed by atoms with E-state index >= 15 is 0 Å². The Morgan fingerprint density at radius 1 is 1.14 bits per heavy atom. The lowest BCUT2D eigenvalue weighted by atomic mass is 10.2. The van der Waals surface area contributed by atoms with E-state index in [1.54, 1.807) is 0 Å². The molecule has 0 aliphatic heterocycles. The number of benzene rings is 2. The summed E-state index contributed by atoms with van der Waals surface area (Å²) < 4.78 is 46.4. The van der Waals surface area contributed by atoms with Crippen molar-refractivity contribution in [3.05, 3.63) is 59.7 Å². The molecule has 0 aliphatic carbocycles. The molecule has 1 aromatic heterocycles. The third-order valence-electron chi connectivity index (χ3n) is 4.40. The van der Waals surface area contributed by atoms with E-state index in [4.69, 9.17) is 0 Å². The van der Waals surface area contributed by atoms with E-state index in [0.29, 0.717) is 5.00 Å². The van der Waals surface area contributed by atoms with Crippen LogP contribution in [0.1, 0.15) is 22.3 Å². The lowest BCUT2D eigenvalue weighted by Crippen LogP contribution is -2.32. The second-order valence-corrected chi connectivity index (χ2v) is 9.06. The van der Waals surface area contributed by atoms with Gasteiger partial charge in [0.1, 0.15) is 5.00 Å². The Morgan fingerprint density at radius 3 is 2.43 bits per heavy atom. The normalized spacial score (nSPS) is 11.5. The lowest BCUT2D eigenvalue weighted by molar-refractivity contribution is 0.0600. The minimum Gasteiger partial charge on any atom is -0.465 e. The Morgan fingerprint density at radius 2 is 1.82 bits per heavy atom. The molecule has 3 aromatic rings. The number of rotatable bonds is 7. The average molecular weight is 422 g/mol. The van der Waals surface area contributed by atoms with Gasteiger partial charge in [0.2, 0.25) is 0 Å². The van der Waals surface area contributed by atoms with E-state index in [9.17, 15) is 17.6 Å². The number of carbonyl (C=O) groups is 1. The number of fused-ring (bicyclic) bond motifs is 1. The van der Waals surface area contributed by atoms with Crippen molar-refractivity contribution in [1.29, 1.82) is 0 Å². The fraction of sp³-hybridized carbons (Fsp3) is 0.250. The van der Waals surface area contributed by atoms with Gasteiger partial charge in [-0.15, -0.1) is 11.3 Å². The van der Waals surface area contributed by atoms with Gasteiger partial charge in [0.25, 0.3) is 10.0 Å². The molecule has 0 spiro atoms. The maximum absolute atomic E-state index is 13.3. The van der Waals surface area contributed by atoms with E-state index < -0.39 is 22.7 Å². The molecule has 0 aliphatic rings. The summed E-state index contributed by atoms with van der Waals surface area (Å²) in [6.45, 7) is 1.29. The molecule has 0 N–H and O–H groups in total. The molecule has 28 heavy (non-hydrogen) atoms. The van der Waals surface area contributed by atoms with E-state index in [2.05, 4.69) is 4.74 Å². The number of nitrogens with zero attached hydrogens (tertiary/aromatic N) is 1. The zero-order valence-electron chi connectivity index (χ0n) is 15.5. The second kappa shape index (κ2) is 8.28. The van der Waals surface area contributed by atoms with E-state index in [1.807, 2.05) is 31.2 Å². The van der Waals surface area contributed by atoms with Gasteiger partial charge in [0, 0.05) is 11.2 Å². The SMILES string of the molecule is COC(=O)c1ccc(S(=O)(=O)N(CCCF)c2sc3ccccc3c2C)cc1. The number of esters is 1. The number of halogens is 1. The van der Waals surface area contributed by atoms with Crippen molar-refractivity contribution in [3.63, 3.8) is 0 Å². The van der Waals surface area contributed by atoms with Crippen LogP contribution in [0.4, 0.5) is 9.39 Å². The Bertz CT molecular complexity index is 1090. The molecule has 0 unspecified atom stereocenters. The zero-order valence-corrected chi connectivity index (χ0v) is 17.1. The van der Waals surface area contributed by atoms with Gasteiger partial charge in [-0.3, -0.25) is 8.70 Å². The van der Waals surface area contributed by atoms with Gasteiger partial charge in [-0.25, -0.2) is 13.2 Å². The number of ether oxygens (including phenoxy) is 1. The number of sulfonamides is 1. The quantitative estimate of drug-likeness (QED) is 0.525. The van der Waals surface area contributed by atoms with Crippen LogP contribution in [0.3, 0.4) is 0 Å². The van der Waals surface area contributed by atoms with Gasteiger partial charge in [-0.2, -0.15) is 0 Å². The number of thiophene rings is 1. The molecule has 0 atom stereocenters. The second-order valence-electron chi connectivity index (χ2n) is 6.16. The Labute approximate surface area is 167 Å². The Hall–Kier alpha value is -2.45. The van der Waals surface area contributed by atoms with Gasteiger partial charge >= 0.3 is 5.97 Å². The first-order chi connectivity index (χ1) is 13.4. The van der Waals surface area contributed by atoms with Crippen LogP contribution in [0.15, 0.2) is 53.4 Å². The van der Waals surface area contributed by atoms with Crippen LogP contribution < -0.4 is 4.31 Å². The van der Waals surface area contributed by atoms with Gasteiger partial charge in [-0.1, -0.05) is 18.2 Å². The highest BCUT2D eigenvalue weighted by molar-refractivity contribution is 7.93. The van der Waals surface area contributed by atoms with Crippen molar-refractivity contribution < 1.29 is 22.3 Å². The first kappa shape index (κ1) is 20.3. The molecule has 0 amide bonds. The van der Waals surface area contributed by atoms with Crippen molar-refractivity contribution >= 4 is 42.4 Å². The lowest BCUT2D eigenvalue weighted by Gasteiger charge is -2.23. The minimum absolute atomic E-state index is 0.0330. The van der Waals surface area contributed by atoms with E-state index in [0.717, 1.165) is 15.6 Å². The molecule has 148 valence electrons. The zero-order chi connectivity index (χ0) is 20.3. The number of anilines is 1. The highest BCUT2D eigenvalue weighted by Gasteiger charge is 2.28. The molecular weight excluding hydrogens is 401 g/mol. The molecule has 3 rings (SSSR count). The van der Waals surface area contributed by atoms with Crippen LogP contribution in [0.5, 0.6) is 0 Å². The minimum atomic E-state index is -3.92. The third-order valence-corrected chi connectivity index (χ3v) is 7.63. The summed E-state index contributed by atoms with van der Waals surface area (Å²) in [4.78, 5) is 11.6. The van der Waals surface area contributed by atoms with Crippen LogP contribution in [-0.4, -0.2) is 34.7 Å². The molecule has 0 fully saturated rings. The molecule has 5 nitrogen and oxygen atoms in total. The molecule has 2 aromatic carbocycles. The topological polar surface area (TPSA) is 63.7 Å². The van der Waals surface area contributed by atoms with Crippen LogP contribution in [0.25, 0.3) is 10.1 Å². The van der Waals surface area contributed by atoms with Crippen LogP contribution in [0, 0.1) is 6.92 Å². The van der Waals surface area contributed by atoms with Crippen molar-refractivity contribution in [3.8, 4) is 0 Å². The number of aryl methyl sites for hydroxylation is 1. The Balaban J connectivity index is 2.07. The number of alkyl halides is 1. The van der Waals surface area contributed by atoms with Crippen molar-refractivity contribution in [2.24, 2.45) is 0 Å². The summed E-state index contributed by atoms with van der Waals surface area (Å²) >= 11 is 1.37. The molecule has 8 heteroatoms. The molecule has 0 bridgehead atoms. The summed E-state index contributed by atoms with van der Waals surface area (Å²) in [5, 5.41) is 1.55. The van der Waals surface area contributed by atoms with Crippen LogP contribution >= 0.6 is 11.3 Å². The summed E-state index contributed by atoms with van der Waals surface area (Å²) in [7, 11) is -2.66. The number of hydrogen-bond donors (Lipinski definition) is 0. The van der Waals surface area contributed by atoms with Crippen molar-refractivity contribution in [1.82, 2.24) is 0 Å². The molecule has 1 heterocycles. The molecular formula is C20H20FNO4S2. The predicted molar refractivity (Wildman–Crippen MR) is 109 cm³/mol. The van der Waals surface area contributed by atoms with Gasteiger partial charge in [-0.05, 0) is 54.6 Å². The highest BCUT2D eigenvalue weighted by atomic mass is 32.2. The Kier molecular flexibility index (Phi) is 6.00. The van der Waals surface area contributed by atoms with E-state index in [-0.39, 0.29) is 23.4 Å². The van der Waals surface area contributed by atoms with Crippen molar-refractivity contribution in [2.75, 3.05) is 24.6 Å². The summed E-state index contributed by atoms with van der Waals surface area (Å²) in [5.74, 6) is -0.543. The summed E-state index contributed by atoms with van der Waals surface area (Å²) in [6.07, 6.45) is 0.0904. The highest BCUT2D eigenvalue weighted by Crippen LogP contribution is 2.39. The first-order valence-electron chi connectivity index (χ1n) is 8.65. The van der Waals surface area contributed by atoms with Gasteiger partial charge in [0.05, 0.1) is 24.2 Å². The largest absolute Gasteiger partial charge is 0.465 e. The fourth-order valence-electron chi connectivity index (χ4n) is 2.94. The van der Waals surface area contributed by atoms with E-state index in [1.165, 1.54) is 47.0 Å². The van der Waals surface area contributed by atoms with Gasteiger partial charge in [0.15, 0.2) is 0 Å². The third kappa shape index (κ3) is 3.74. The molecule has 0 saturated carbocycles. The summed E-state index contributed by atoms with van der Waals surface area (Å²) in [6, 6.07) is 13.2. The maximum Gasteiger partial charge on any atom is 0.337 e. The van der Waals surface area contributed by atoms with Crippen LogP contribution in [-0.2, 0) is 14.8 Å². The monoisotopic (exact) mass is 421 g/mol. The van der Waals surface area contributed by atoms with Crippen LogP contribution in [0.2, 0.25) is 0 Å². The molecule has 0 radical (unpaired) electrons. The predicted octanol–water partition coefficient (Wildman–Crippen LogP) is 4.55. The van der Waals surface area contributed by atoms with Gasteiger partial charge < -0.3 is 4.74 Å². The van der Waals surface area contributed by atoms with Crippen molar-refractivity contribution in [2.45, 2.75) is 18.2 Å². The smallest absolute Gasteiger partial charge is 0.337 e. The molecule has 0 saturated heterocycles. The standard InChI is InChI=1S/C20H20FNO4S2/c1-14-17-6-3-4-7-18(17)27-19(14)22(13-5-12-21)28(24,25)16-10-8-15(9-11-16)20(23)26-2/h3-4,6-11H,5,12-13H2,1-2H3. The first-order valence-corrected chi connectivity index (χ1v) is 10.9. The number of carbonyl (C=O) groups excluding carboxylic acids is 1. The number of methoxy groups -OCH3 is 1.